The van der Waals surface area contributed by atoms with Gasteiger partial charge in [-0.2, -0.15) is 0 Å². The number of aliphatic hydroxyl groups is 1. The molecule has 7 heteroatoms. The fourth-order valence-corrected chi connectivity index (χ4v) is 3.76. The van der Waals surface area contributed by atoms with E-state index in [0.29, 0.717) is 6.42 Å². The van der Waals surface area contributed by atoms with Gasteiger partial charge in [0, 0.05) is 0 Å². The molecule has 176 valence electrons. The Morgan fingerprint density at radius 1 is 0.733 bits per heavy atom. The van der Waals surface area contributed by atoms with Crippen molar-refractivity contribution in [3.63, 3.8) is 0 Å². The monoisotopic (exact) mass is 430 g/mol. The molecule has 0 fully saturated rings. The van der Waals surface area contributed by atoms with E-state index in [1.807, 2.05) is 13.8 Å². The Hall–Kier alpha value is -1.63. The van der Waals surface area contributed by atoms with Gasteiger partial charge in [0.1, 0.15) is 0 Å². The van der Waals surface area contributed by atoms with Crippen LogP contribution in [0.25, 0.3) is 0 Å². The van der Waals surface area contributed by atoms with Gasteiger partial charge >= 0.3 is 17.9 Å². The normalized spacial score (nSPS) is 15.8. The van der Waals surface area contributed by atoms with Gasteiger partial charge in [0.15, 0.2) is 0 Å². The number of ether oxygens (including phenoxy) is 1. The first-order valence-corrected chi connectivity index (χ1v) is 11.1. The third-order valence-electron chi connectivity index (χ3n) is 6.37. The van der Waals surface area contributed by atoms with E-state index in [0.717, 1.165) is 57.8 Å². The predicted molar refractivity (Wildman–Crippen MR) is 115 cm³/mol. The zero-order valence-corrected chi connectivity index (χ0v) is 19.5. The maximum absolute atomic E-state index is 11.7. The van der Waals surface area contributed by atoms with E-state index in [2.05, 4.69) is 0 Å². The van der Waals surface area contributed by atoms with E-state index in [-0.39, 0.29) is 12.4 Å². The molecule has 0 rings (SSSR count). The molecule has 0 aromatic carbocycles. The number of carbonyl (C=O) groups excluding carboxylic acids is 1. The fraction of sp³-hybridized carbons (Fsp3) is 0.870. The number of esters is 1. The molecule has 3 N–H and O–H groups in total. The van der Waals surface area contributed by atoms with Crippen molar-refractivity contribution in [3.8, 4) is 0 Å². The summed E-state index contributed by atoms with van der Waals surface area (Å²) in [5, 5.41) is 28.9. The Bertz CT molecular complexity index is 554. The largest absolute Gasteiger partial charge is 0.481 e. The number of carboxylic acid groups (broad SMARTS) is 2. The van der Waals surface area contributed by atoms with E-state index in [1.54, 1.807) is 0 Å². The van der Waals surface area contributed by atoms with Gasteiger partial charge in [-0.1, -0.05) is 57.8 Å². The summed E-state index contributed by atoms with van der Waals surface area (Å²) in [5.74, 6) is -2.53. The molecule has 0 aromatic heterocycles. The third-order valence-corrected chi connectivity index (χ3v) is 6.37. The van der Waals surface area contributed by atoms with E-state index in [9.17, 15) is 24.6 Å². The summed E-state index contributed by atoms with van der Waals surface area (Å²) in [5.41, 5.74) is -3.70. The molecule has 7 nitrogen and oxygen atoms in total. The second kappa shape index (κ2) is 12.9. The summed E-state index contributed by atoms with van der Waals surface area (Å²) in [6.45, 7) is 6.55. The number of hydrogen-bond donors (Lipinski definition) is 3. The quantitative estimate of drug-likeness (QED) is 0.224. The maximum Gasteiger partial charge on any atom is 0.312 e. The average Bonchev–Trinajstić information content (AvgIpc) is 2.63. The van der Waals surface area contributed by atoms with Crippen LogP contribution in [0.3, 0.4) is 0 Å². The first-order chi connectivity index (χ1) is 13.8. The Morgan fingerprint density at radius 2 is 1.13 bits per heavy atom. The zero-order chi connectivity index (χ0) is 23.4. The fourth-order valence-electron chi connectivity index (χ4n) is 3.76. The zero-order valence-electron chi connectivity index (χ0n) is 19.5. The van der Waals surface area contributed by atoms with Gasteiger partial charge in [0.2, 0.25) is 0 Å². The summed E-state index contributed by atoms with van der Waals surface area (Å²) >= 11 is 0. The van der Waals surface area contributed by atoms with E-state index in [1.165, 1.54) is 21.0 Å². The van der Waals surface area contributed by atoms with Crippen LogP contribution in [0.1, 0.15) is 105 Å². The standard InChI is InChI=1S/C23H42O7/c1-21(2,20(28)30-5)15-13-11-9-7-6-8-10-12-14-16-22(3,19(26)27)23(4,29)17-18(24)25/h29H,6-17H2,1-5H3,(H,24,25)(H,26,27). The van der Waals surface area contributed by atoms with Crippen LogP contribution in [0.4, 0.5) is 0 Å². The molecule has 30 heavy (non-hydrogen) atoms. The summed E-state index contributed by atoms with van der Waals surface area (Å²) in [4.78, 5) is 34.3. The molecule has 0 aliphatic rings. The van der Waals surface area contributed by atoms with Crippen molar-refractivity contribution in [1.82, 2.24) is 0 Å². The molecule has 0 bridgehead atoms. The lowest BCUT2D eigenvalue weighted by Crippen LogP contribution is -2.50. The SMILES string of the molecule is COC(=O)C(C)(C)CCCCCCCCCCCC(C)(C(=O)O)C(C)(O)CC(=O)O. The van der Waals surface area contributed by atoms with Crippen LogP contribution in [0.5, 0.6) is 0 Å². The molecule has 0 saturated carbocycles. The molecule has 0 aliphatic carbocycles. The lowest BCUT2D eigenvalue weighted by Gasteiger charge is -2.38. The van der Waals surface area contributed by atoms with Gasteiger partial charge in [-0.25, -0.2) is 0 Å². The molecular weight excluding hydrogens is 388 g/mol. The number of carbonyl (C=O) groups is 3. The highest BCUT2D eigenvalue weighted by atomic mass is 16.5. The van der Waals surface area contributed by atoms with Crippen molar-refractivity contribution in [3.05, 3.63) is 0 Å². The highest BCUT2D eigenvalue weighted by Crippen LogP contribution is 2.39. The van der Waals surface area contributed by atoms with Crippen molar-refractivity contribution in [2.24, 2.45) is 10.8 Å². The number of rotatable bonds is 17. The van der Waals surface area contributed by atoms with Crippen LogP contribution in [0.15, 0.2) is 0 Å². The Kier molecular flexibility index (Phi) is 12.2. The molecule has 0 heterocycles. The smallest absolute Gasteiger partial charge is 0.312 e. The topological polar surface area (TPSA) is 121 Å². The van der Waals surface area contributed by atoms with Crippen LogP contribution >= 0.6 is 0 Å². The van der Waals surface area contributed by atoms with Gasteiger partial charge < -0.3 is 20.1 Å². The molecule has 2 atom stereocenters. The second-order valence-electron chi connectivity index (χ2n) is 9.54. The van der Waals surface area contributed by atoms with E-state index in [4.69, 9.17) is 9.84 Å². The van der Waals surface area contributed by atoms with Crippen LogP contribution < -0.4 is 0 Å². The van der Waals surface area contributed by atoms with Gasteiger partial charge in [-0.05, 0) is 40.5 Å². The molecule has 2 unspecified atom stereocenters. The van der Waals surface area contributed by atoms with Crippen LogP contribution in [0, 0.1) is 10.8 Å². The Balaban J connectivity index is 3.99. The van der Waals surface area contributed by atoms with Crippen molar-refractivity contribution in [1.29, 1.82) is 0 Å². The van der Waals surface area contributed by atoms with Gasteiger partial charge in [0.25, 0.3) is 0 Å². The van der Waals surface area contributed by atoms with Crippen LogP contribution in [-0.2, 0) is 19.1 Å². The highest BCUT2D eigenvalue weighted by Gasteiger charge is 2.50. The molecular formula is C23H42O7. The van der Waals surface area contributed by atoms with Gasteiger partial charge in [0.05, 0.1) is 30.0 Å². The number of unbranched alkanes of at least 4 members (excludes halogenated alkanes) is 8. The summed E-state index contributed by atoms with van der Waals surface area (Å²) in [6.07, 6.45) is 9.54. The Labute approximate surface area is 181 Å². The summed E-state index contributed by atoms with van der Waals surface area (Å²) < 4.78 is 4.82. The van der Waals surface area contributed by atoms with Gasteiger partial charge in [-0.3, -0.25) is 14.4 Å². The predicted octanol–water partition coefficient (Wildman–Crippen LogP) is 4.79. The van der Waals surface area contributed by atoms with E-state index >= 15 is 0 Å². The molecule has 0 amide bonds. The number of hydrogen-bond acceptors (Lipinski definition) is 5. The molecule has 0 aliphatic heterocycles. The molecule has 0 radical (unpaired) electrons. The van der Waals surface area contributed by atoms with Crippen LogP contribution in [-0.4, -0.2) is 45.9 Å². The number of carboxylic acids is 2. The highest BCUT2D eigenvalue weighted by molar-refractivity contribution is 5.78. The second-order valence-corrected chi connectivity index (χ2v) is 9.54. The minimum Gasteiger partial charge on any atom is -0.481 e. The van der Waals surface area contributed by atoms with Gasteiger partial charge in [-0.15, -0.1) is 0 Å². The maximum atomic E-state index is 11.7. The first-order valence-electron chi connectivity index (χ1n) is 11.1. The van der Waals surface area contributed by atoms with Crippen molar-refractivity contribution in [2.75, 3.05) is 7.11 Å². The van der Waals surface area contributed by atoms with Crippen LogP contribution in [0.2, 0.25) is 0 Å². The lowest BCUT2D eigenvalue weighted by molar-refractivity contribution is -0.171. The first kappa shape index (κ1) is 28.4. The molecule has 0 spiro atoms. The summed E-state index contributed by atoms with van der Waals surface area (Å²) in [7, 11) is 1.42. The molecule has 0 saturated heterocycles. The van der Waals surface area contributed by atoms with Crippen molar-refractivity contribution in [2.45, 2.75) is 110 Å². The average molecular weight is 431 g/mol. The van der Waals surface area contributed by atoms with Crippen molar-refractivity contribution >= 4 is 17.9 Å². The minimum atomic E-state index is -1.80. The number of aliphatic carboxylic acids is 2. The summed E-state index contributed by atoms with van der Waals surface area (Å²) in [6, 6.07) is 0. The number of methoxy groups -OCH3 is 1. The van der Waals surface area contributed by atoms with Crippen molar-refractivity contribution < 1.29 is 34.4 Å². The minimum absolute atomic E-state index is 0.161. The lowest BCUT2D eigenvalue weighted by atomic mass is 9.69. The molecule has 0 aromatic rings. The Morgan fingerprint density at radius 3 is 1.50 bits per heavy atom. The third kappa shape index (κ3) is 9.45. The van der Waals surface area contributed by atoms with E-state index < -0.39 is 34.8 Å².